The maximum absolute atomic E-state index is 12.5. The lowest BCUT2D eigenvalue weighted by molar-refractivity contribution is 0.0894. The SMILES string of the molecule is Cc1cccc(-c2noc(C(C)NC(=O)c3onc4c3CCCC4)n2)c1. The fourth-order valence-electron chi connectivity index (χ4n) is 3.21. The van der Waals surface area contributed by atoms with Crippen molar-refractivity contribution in [2.24, 2.45) is 0 Å². The van der Waals surface area contributed by atoms with Crippen LogP contribution < -0.4 is 5.32 Å². The number of aryl methyl sites for hydroxylation is 2. The predicted octanol–water partition coefficient (Wildman–Crippen LogP) is 3.40. The summed E-state index contributed by atoms with van der Waals surface area (Å²) in [7, 11) is 0. The molecule has 7 nitrogen and oxygen atoms in total. The normalized spacial score (nSPS) is 14.7. The molecule has 1 aliphatic carbocycles. The summed E-state index contributed by atoms with van der Waals surface area (Å²) in [5, 5.41) is 10.9. The van der Waals surface area contributed by atoms with Crippen molar-refractivity contribution in [1.29, 1.82) is 0 Å². The third-order valence-electron chi connectivity index (χ3n) is 4.60. The van der Waals surface area contributed by atoms with Gasteiger partial charge in [-0.25, -0.2) is 0 Å². The van der Waals surface area contributed by atoms with E-state index in [1.165, 1.54) is 0 Å². The number of rotatable bonds is 4. The molecule has 0 saturated heterocycles. The molecule has 4 rings (SSSR count). The van der Waals surface area contributed by atoms with E-state index in [2.05, 4.69) is 20.6 Å². The second kappa shape index (κ2) is 6.74. The summed E-state index contributed by atoms with van der Waals surface area (Å²) in [5.74, 6) is 0.846. The zero-order valence-corrected chi connectivity index (χ0v) is 14.8. The van der Waals surface area contributed by atoms with E-state index < -0.39 is 6.04 Å². The summed E-state index contributed by atoms with van der Waals surface area (Å²) >= 11 is 0. The zero-order chi connectivity index (χ0) is 18.1. The second-order valence-corrected chi connectivity index (χ2v) is 6.66. The molecule has 0 aliphatic heterocycles. The molecule has 2 heterocycles. The van der Waals surface area contributed by atoms with Crippen LogP contribution in [-0.2, 0) is 12.8 Å². The summed E-state index contributed by atoms with van der Waals surface area (Å²) in [6.07, 6.45) is 3.83. The summed E-state index contributed by atoms with van der Waals surface area (Å²) in [6.45, 7) is 3.81. The molecule has 1 aromatic carbocycles. The average molecular weight is 352 g/mol. The van der Waals surface area contributed by atoms with Crippen LogP contribution in [0.3, 0.4) is 0 Å². The molecule has 0 radical (unpaired) electrons. The van der Waals surface area contributed by atoms with E-state index in [0.717, 1.165) is 48.1 Å². The zero-order valence-electron chi connectivity index (χ0n) is 14.8. The minimum atomic E-state index is -0.433. The number of aromatic nitrogens is 3. The van der Waals surface area contributed by atoms with Crippen molar-refractivity contribution in [2.45, 2.75) is 45.6 Å². The Kier molecular flexibility index (Phi) is 4.28. The van der Waals surface area contributed by atoms with Crippen molar-refractivity contribution >= 4 is 5.91 Å². The van der Waals surface area contributed by atoms with Gasteiger partial charge in [0.05, 0.1) is 5.69 Å². The van der Waals surface area contributed by atoms with E-state index >= 15 is 0 Å². The summed E-state index contributed by atoms with van der Waals surface area (Å²) < 4.78 is 10.6. The number of fused-ring (bicyclic) bond motifs is 1. The monoisotopic (exact) mass is 352 g/mol. The first-order chi connectivity index (χ1) is 12.6. The fourth-order valence-corrected chi connectivity index (χ4v) is 3.21. The number of nitrogens with one attached hydrogen (secondary N) is 1. The van der Waals surface area contributed by atoms with Crippen molar-refractivity contribution < 1.29 is 13.8 Å². The van der Waals surface area contributed by atoms with Crippen molar-refractivity contribution in [1.82, 2.24) is 20.6 Å². The number of benzene rings is 1. The Balaban J connectivity index is 1.49. The van der Waals surface area contributed by atoms with Gasteiger partial charge in [-0.3, -0.25) is 4.79 Å². The standard InChI is InChI=1S/C19H20N4O3/c1-11-6-5-7-13(10-11)17-21-19(26-23-17)12(2)20-18(24)16-14-8-3-4-9-15(14)22-25-16/h5-7,10,12H,3-4,8-9H2,1-2H3,(H,20,24). The third-order valence-corrected chi connectivity index (χ3v) is 4.60. The first-order valence-electron chi connectivity index (χ1n) is 8.81. The van der Waals surface area contributed by atoms with Gasteiger partial charge >= 0.3 is 0 Å². The Morgan fingerprint density at radius 2 is 2.04 bits per heavy atom. The van der Waals surface area contributed by atoms with Crippen LogP contribution >= 0.6 is 0 Å². The van der Waals surface area contributed by atoms with E-state index in [4.69, 9.17) is 9.05 Å². The first-order valence-corrected chi connectivity index (χ1v) is 8.81. The molecule has 0 fully saturated rings. The summed E-state index contributed by atoms with van der Waals surface area (Å²) in [4.78, 5) is 17.0. The van der Waals surface area contributed by atoms with Gasteiger partial charge in [-0.05, 0) is 45.6 Å². The van der Waals surface area contributed by atoms with Gasteiger partial charge in [0.1, 0.15) is 6.04 Å². The fraction of sp³-hybridized carbons (Fsp3) is 0.368. The minimum Gasteiger partial charge on any atom is -0.350 e. The molecule has 1 amide bonds. The number of carbonyl (C=O) groups is 1. The van der Waals surface area contributed by atoms with E-state index in [1.807, 2.05) is 31.2 Å². The number of amides is 1. The lowest BCUT2D eigenvalue weighted by Gasteiger charge is -2.11. The largest absolute Gasteiger partial charge is 0.350 e. The van der Waals surface area contributed by atoms with Crippen molar-refractivity contribution in [3.05, 3.63) is 52.7 Å². The molecule has 3 aromatic rings. The maximum Gasteiger partial charge on any atom is 0.290 e. The molecule has 0 spiro atoms. The van der Waals surface area contributed by atoms with E-state index in [9.17, 15) is 4.79 Å². The summed E-state index contributed by atoms with van der Waals surface area (Å²) in [6, 6.07) is 7.42. The van der Waals surface area contributed by atoms with Crippen LogP contribution in [0.5, 0.6) is 0 Å². The van der Waals surface area contributed by atoms with Gasteiger partial charge in [0.25, 0.3) is 5.91 Å². The predicted molar refractivity (Wildman–Crippen MR) is 93.5 cm³/mol. The Hall–Kier alpha value is -2.96. The number of carbonyl (C=O) groups excluding carboxylic acids is 1. The van der Waals surface area contributed by atoms with Crippen LogP contribution in [0.2, 0.25) is 0 Å². The number of nitrogens with zero attached hydrogens (tertiary/aromatic N) is 3. The molecule has 1 unspecified atom stereocenters. The highest BCUT2D eigenvalue weighted by molar-refractivity contribution is 5.93. The molecule has 0 saturated carbocycles. The highest BCUT2D eigenvalue weighted by atomic mass is 16.5. The lowest BCUT2D eigenvalue weighted by Crippen LogP contribution is -2.27. The van der Waals surface area contributed by atoms with Crippen molar-refractivity contribution in [3.8, 4) is 11.4 Å². The second-order valence-electron chi connectivity index (χ2n) is 6.66. The topological polar surface area (TPSA) is 94.1 Å². The van der Waals surface area contributed by atoms with Gasteiger partial charge in [-0.15, -0.1) is 0 Å². The van der Waals surface area contributed by atoms with Crippen LogP contribution in [-0.4, -0.2) is 21.2 Å². The molecular weight excluding hydrogens is 332 g/mol. The molecule has 1 N–H and O–H groups in total. The van der Waals surface area contributed by atoms with E-state index in [0.29, 0.717) is 17.5 Å². The van der Waals surface area contributed by atoms with E-state index in [-0.39, 0.29) is 5.91 Å². The van der Waals surface area contributed by atoms with Crippen LogP contribution in [0.4, 0.5) is 0 Å². The van der Waals surface area contributed by atoms with Crippen LogP contribution in [0.15, 0.2) is 33.3 Å². The molecule has 2 aromatic heterocycles. The van der Waals surface area contributed by atoms with Gasteiger partial charge in [0, 0.05) is 11.1 Å². The van der Waals surface area contributed by atoms with Gasteiger partial charge in [0.2, 0.25) is 17.5 Å². The Morgan fingerprint density at radius 1 is 1.19 bits per heavy atom. The van der Waals surface area contributed by atoms with Crippen LogP contribution in [0.25, 0.3) is 11.4 Å². The molecule has 7 heteroatoms. The lowest BCUT2D eigenvalue weighted by atomic mass is 9.96. The van der Waals surface area contributed by atoms with E-state index in [1.54, 1.807) is 6.92 Å². The average Bonchev–Trinajstić information content (AvgIpc) is 3.29. The Labute approximate surface area is 150 Å². The molecule has 134 valence electrons. The minimum absolute atomic E-state index is 0.296. The highest BCUT2D eigenvalue weighted by Crippen LogP contribution is 2.25. The van der Waals surface area contributed by atoms with Crippen LogP contribution in [0, 0.1) is 6.92 Å². The number of hydrogen-bond donors (Lipinski definition) is 1. The van der Waals surface area contributed by atoms with Crippen LogP contribution in [0.1, 0.15) is 59.1 Å². The maximum atomic E-state index is 12.5. The Bertz CT molecular complexity index is 944. The van der Waals surface area contributed by atoms with Crippen molar-refractivity contribution in [3.63, 3.8) is 0 Å². The Morgan fingerprint density at radius 3 is 2.88 bits per heavy atom. The number of hydrogen-bond acceptors (Lipinski definition) is 6. The quantitative estimate of drug-likeness (QED) is 0.773. The first kappa shape index (κ1) is 16.5. The molecule has 0 bridgehead atoms. The summed E-state index contributed by atoms with van der Waals surface area (Å²) in [5.41, 5.74) is 3.81. The van der Waals surface area contributed by atoms with Gasteiger partial charge in [-0.2, -0.15) is 4.98 Å². The van der Waals surface area contributed by atoms with Crippen molar-refractivity contribution in [2.75, 3.05) is 0 Å². The molecule has 1 atom stereocenters. The van der Waals surface area contributed by atoms with Gasteiger partial charge in [-0.1, -0.05) is 34.1 Å². The highest BCUT2D eigenvalue weighted by Gasteiger charge is 2.26. The molecule has 1 aliphatic rings. The van der Waals surface area contributed by atoms with Gasteiger partial charge in [0.15, 0.2) is 0 Å². The molecule has 26 heavy (non-hydrogen) atoms. The van der Waals surface area contributed by atoms with Gasteiger partial charge < -0.3 is 14.4 Å². The third kappa shape index (κ3) is 3.12. The molecular formula is C19H20N4O3. The smallest absolute Gasteiger partial charge is 0.290 e.